The molecular weight excluding hydrogens is 337 g/mol. The first-order valence-electron chi connectivity index (χ1n) is 8.46. The summed E-state index contributed by atoms with van der Waals surface area (Å²) >= 11 is 0. The second kappa shape index (κ2) is 7.90. The molecule has 0 N–H and O–H groups in total. The molecule has 0 amide bonds. The van der Waals surface area contributed by atoms with Crippen molar-refractivity contribution in [2.45, 2.75) is 0 Å². The van der Waals surface area contributed by atoms with Crippen molar-refractivity contribution in [1.29, 1.82) is 0 Å². The molecule has 4 heteroatoms. The molecule has 0 radical (unpaired) electrons. The number of anilines is 2. The molecule has 2 aromatic carbocycles. The smallest absolute Gasteiger partial charge is 0.137 e. The molecule has 0 bridgehead atoms. The lowest BCUT2D eigenvalue weighted by Gasteiger charge is -2.32. The maximum absolute atomic E-state index is 4.63. The van der Waals surface area contributed by atoms with Crippen LogP contribution in [0.15, 0.2) is 109 Å². The predicted molar refractivity (Wildman–Crippen MR) is 110 cm³/mol. The summed E-state index contributed by atoms with van der Waals surface area (Å²) in [5, 5.41) is 2.51. The molecule has 0 spiro atoms. The van der Waals surface area contributed by atoms with E-state index in [0.717, 1.165) is 11.6 Å². The summed E-state index contributed by atoms with van der Waals surface area (Å²) in [6.45, 7) is 0. The van der Waals surface area contributed by atoms with Crippen LogP contribution in [0.2, 0.25) is 0 Å². The fourth-order valence-electron chi connectivity index (χ4n) is 2.80. The fraction of sp³-hybridized carbons (Fsp3) is 0. The van der Waals surface area contributed by atoms with Crippen LogP contribution in [0.25, 0.3) is 0 Å². The minimum absolute atomic E-state index is 0.859. The molecule has 0 fully saturated rings. The zero-order valence-electron chi connectivity index (χ0n) is 14.2. The van der Waals surface area contributed by atoms with Crippen LogP contribution in [0.1, 0.15) is 0 Å². The normalized spacial score (nSPS) is 10.7. The van der Waals surface area contributed by atoms with Crippen LogP contribution in [0, 0.1) is 0 Å². The zero-order chi connectivity index (χ0) is 17.6. The van der Waals surface area contributed by atoms with Crippen molar-refractivity contribution in [2.75, 3.05) is 4.67 Å². The van der Waals surface area contributed by atoms with Crippen molar-refractivity contribution >= 4 is 30.3 Å². The second-order valence-electron chi connectivity index (χ2n) is 5.67. The molecule has 0 atom stereocenters. The van der Waals surface area contributed by atoms with Gasteiger partial charge in [0.15, 0.2) is 0 Å². The van der Waals surface area contributed by atoms with Crippen molar-refractivity contribution in [3.63, 3.8) is 0 Å². The monoisotopic (exact) mass is 355 g/mol. The van der Waals surface area contributed by atoms with Crippen molar-refractivity contribution in [3.05, 3.63) is 109 Å². The van der Waals surface area contributed by atoms with E-state index in [1.54, 1.807) is 0 Å². The van der Waals surface area contributed by atoms with Crippen LogP contribution in [0.3, 0.4) is 0 Å². The highest BCUT2D eigenvalue weighted by Gasteiger charge is 2.26. The van der Waals surface area contributed by atoms with Gasteiger partial charge in [-0.15, -0.1) is 0 Å². The first-order chi connectivity index (χ1) is 12.9. The molecule has 4 rings (SSSR count). The number of hydrogen-bond acceptors (Lipinski definition) is 3. The Kier molecular flexibility index (Phi) is 5.00. The molecule has 26 heavy (non-hydrogen) atoms. The highest BCUT2D eigenvalue weighted by atomic mass is 31.1. The van der Waals surface area contributed by atoms with E-state index in [9.17, 15) is 0 Å². The van der Waals surface area contributed by atoms with Gasteiger partial charge in [0.2, 0.25) is 0 Å². The Morgan fingerprint density at radius 2 is 0.923 bits per heavy atom. The topological polar surface area (TPSA) is 29.0 Å². The Morgan fingerprint density at radius 1 is 0.500 bits per heavy atom. The van der Waals surface area contributed by atoms with E-state index in [4.69, 9.17) is 0 Å². The summed E-state index contributed by atoms with van der Waals surface area (Å²) in [6, 6.07) is 33.1. The molecule has 126 valence electrons. The Morgan fingerprint density at radius 3 is 1.31 bits per heavy atom. The first-order valence-corrected chi connectivity index (χ1v) is 9.75. The van der Waals surface area contributed by atoms with Crippen LogP contribution in [0.5, 0.6) is 0 Å². The van der Waals surface area contributed by atoms with E-state index in [0.29, 0.717) is 0 Å². The SMILES string of the molecule is c1ccc(P(c2ccccc2)N(c2ccccn2)c2ccccn2)cc1. The van der Waals surface area contributed by atoms with E-state index in [2.05, 4.69) is 63.2 Å². The van der Waals surface area contributed by atoms with E-state index < -0.39 is 8.07 Å². The van der Waals surface area contributed by atoms with Gasteiger partial charge in [0.25, 0.3) is 0 Å². The molecule has 0 aliphatic rings. The van der Waals surface area contributed by atoms with Gasteiger partial charge in [0, 0.05) is 23.0 Å². The van der Waals surface area contributed by atoms with E-state index in [1.807, 2.05) is 60.9 Å². The zero-order valence-corrected chi connectivity index (χ0v) is 15.1. The number of aromatic nitrogens is 2. The molecule has 2 aromatic heterocycles. The average Bonchev–Trinajstić information content (AvgIpc) is 2.74. The van der Waals surface area contributed by atoms with E-state index >= 15 is 0 Å². The lowest BCUT2D eigenvalue weighted by Crippen LogP contribution is -2.26. The van der Waals surface area contributed by atoms with Gasteiger partial charge >= 0.3 is 0 Å². The maximum atomic E-state index is 4.63. The third-order valence-corrected chi connectivity index (χ3v) is 6.32. The van der Waals surface area contributed by atoms with Crippen molar-refractivity contribution in [1.82, 2.24) is 9.97 Å². The number of hydrogen-bond donors (Lipinski definition) is 0. The molecular formula is C22H18N3P. The summed E-state index contributed by atoms with van der Waals surface area (Å²) in [5.74, 6) is 1.79. The van der Waals surface area contributed by atoms with Gasteiger partial charge in [-0.25, -0.2) is 9.97 Å². The van der Waals surface area contributed by atoms with Gasteiger partial charge in [0.05, 0.1) is 8.07 Å². The summed E-state index contributed by atoms with van der Waals surface area (Å²) in [7, 11) is -0.859. The summed E-state index contributed by atoms with van der Waals surface area (Å²) in [4.78, 5) is 9.26. The van der Waals surface area contributed by atoms with Gasteiger partial charge in [-0.1, -0.05) is 72.8 Å². The molecule has 3 nitrogen and oxygen atoms in total. The van der Waals surface area contributed by atoms with Crippen molar-refractivity contribution < 1.29 is 0 Å². The summed E-state index contributed by atoms with van der Waals surface area (Å²) < 4.78 is 2.25. The Hall–Kier alpha value is -3.03. The Balaban J connectivity index is 1.93. The Bertz CT molecular complexity index is 772. The van der Waals surface area contributed by atoms with Crippen LogP contribution in [-0.4, -0.2) is 9.97 Å². The fourth-order valence-corrected chi connectivity index (χ4v) is 5.11. The molecule has 0 unspecified atom stereocenters. The van der Waals surface area contributed by atoms with Crippen LogP contribution < -0.4 is 15.3 Å². The van der Waals surface area contributed by atoms with Gasteiger partial charge in [-0.3, -0.25) is 4.67 Å². The molecule has 2 heterocycles. The highest BCUT2D eigenvalue weighted by Crippen LogP contribution is 2.46. The van der Waals surface area contributed by atoms with Gasteiger partial charge in [-0.05, 0) is 24.3 Å². The summed E-state index contributed by atoms with van der Waals surface area (Å²) in [5.41, 5.74) is 0. The average molecular weight is 355 g/mol. The van der Waals surface area contributed by atoms with Gasteiger partial charge < -0.3 is 0 Å². The number of benzene rings is 2. The second-order valence-corrected chi connectivity index (χ2v) is 7.73. The van der Waals surface area contributed by atoms with Crippen molar-refractivity contribution in [2.24, 2.45) is 0 Å². The molecule has 4 aromatic rings. The summed E-state index contributed by atoms with van der Waals surface area (Å²) in [6.07, 6.45) is 3.66. The van der Waals surface area contributed by atoms with Gasteiger partial charge in [0.1, 0.15) is 11.6 Å². The van der Waals surface area contributed by atoms with Crippen LogP contribution in [0.4, 0.5) is 11.6 Å². The molecule has 0 aliphatic carbocycles. The standard InChI is InChI=1S/C22H18N3P/c1-3-11-19(12-4-1)26(20-13-5-2-6-14-20)25(21-15-7-9-17-23-21)22-16-8-10-18-24-22/h1-18H. The van der Waals surface area contributed by atoms with E-state index in [1.165, 1.54) is 10.6 Å². The highest BCUT2D eigenvalue weighted by molar-refractivity contribution is 7.74. The largest absolute Gasteiger partial charge is 0.281 e. The number of pyridine rings is 2. The first kappa shape index (κ1) is 16.4. The minimum Gasteiger partial charge on any atom is -0.281 e. The lowest BCUT2D eigenvalue weighted by molar-refractivity contribution is 1.19. The maximum Gasteiger partial charge on any atom is 0.137 e. The minimum atomic E-state index is -0.859. The van der Waals surface area contributed by atoms with Crippen molar-refractivity contribution in [3.8, 4) is 0 Å². The van der Waals surface area contributed by atoms with Crippen LogP contribution >= 0.6 is 8.07 Å². The third-order valence-electron chi connectivity index (χ3n) is 3.93. The third kappa shape index (κ3) is 3.49. The molecule has 0 saturated carbocycles. The number of rotatable bonds is 5. The number of nitrogens with zero attached hydrogens (tertiary/aromatic N) is 3. The predicted octanol–water partition coefficient (Wildman–Crippen LogP) is 4.66. The van der Waals surface area contributed by atoms with E-state index in [-0.39, 0.29) is 0 Å². The lowest BCUT2D eigenvalue weighted by atomic mass is 10.4. The molecule has 0 aliphatic heterocycles. The van der Waals surface area contributed by atoms with Crippen LogP contribution in [-0.2, 0) is 0 Å². The van der Waals surface area contributed by atoms with Gasteiger partial charge in [-0.2, -0.15) is 0 Å². The quantitative estimate of drug-likeness (QED) is 0.488. The molecule has 0 saturated heterocycles. The Labute approximate surface area is 154 Å².